The molecule has 0 radical (unpaired) electrons. The maximum absolute atomic E-state index is 12.7. The molecule has 2 aromatic carbocycles. The number of benzene rings is 2. The summed E-state index contributed by atoms with van der Waals surface area (Å²) in [5.41, 5.74) is 2.19. The zero-order valence-corrected chi connectivity index (χ0v) is 22.0. The highest BCUT2D eigenvalue weighted by molar-refractivity contribution is 7.99. The van der Waals surface area contributed by atoms with E-state index in [0.29, 0.717) is 28.1 Å². The molecule has 0 spiro atoms. The van der Waals surface area contributed by atoms with E-state index in [1.54, 1.807) is 25.1 Å². The van der Waals surface area contributed by atoms with Crippen molar-refractivity contribution < 1.29 is 9.59 Å². The fourth-order valence-electron chi connectivity index (χ4n) is 3.47. The standard InChI is InChI=1S/C25H27Cl2N5O2S/c1-5-12-32-23(16(4)28-24(34)19-11-10-17(26)13-20(19)27)30-31-25(32)35-14-22(33)29-21-9-7-6-8-18(21)15(2)3/h5-11,13,15-16H,1,12,14H2,2-4H3,(H,28,34)(H,29,33)/t16-/m1/s1. The van der Waals surface area contributed by atoms with Crippen molar-refractivity contribution in [1.82, 2.24) is 20.1 Å². The minimum Gasteiger partial charge on any atom is -0.342 e. The molecule has 3 rings (SSSR count). The summed E-state index contributed by atoms with van der Waals surface area (Å²) >= 11 is 13.4. The van der Waals surface area contributed by atoms with Gasteiger partial charge >= 0.3 is 0 Å². The number of allylic oxidation sites excluding steroid dienone is 1. The van der Waals surface area contributed by atoms with Crippen LogP contribution >= 0.6 is 35.0 Å². The first-order chi connectivity index (χ1) is 16.7. The molecular formula is C25H27Cl2N5O2S. The predicted octanol–water partition coefficient (Wildman–Crippen LogP) is 6.12. The number of para-hydroxylation sites is 1. The van der Waals surface area contributed by atoms with Crippen LogP contribution in [0.2, 0.25) is 10.0 Å². The number of carbonyl (C=O) groups excluding carboxylic acids is 2. The Morgan fingerprint density at radius 1 is 1.14 bits per heavy atom. The van der Waals surface area contributed by atoms with Gasteiger partial charge in [-0.15, -0.1) is 16.8 Å². The van der Waals surface area contributed by atoms with E-state index in [4.69, 9.17) is 23.2 Å². The summed E-state index contributed by atoms with van der Waals surface area (Å²) in [5.74, 6) is 0.484. The smallest absolute Gasteiger partial charge is 0.253 e. The number of thioether (sulfide) groups is 1. The number of anilines is 1. The van der Waals surface area contributed by atoms with Crippen LogP contribution in [0.5, 0.6) is 0 Å². The molecule has 0 saturated carbocycles. The molecule has 0 aliphatic rings. The molecule has 7 nitrogen and oxygen atoms in total. The minimum absolute atomic E-state index is 0.142. The van der Waals surface area contributed by atoms with Gasteiger partial charge in [0.05, 0.1) is 22.4 Å². The fourth-order valence-corrected chi connectivity index (χ4v) is 4.72. The second kappa shape index (κ2) is 12.2. The average Bonchev–Trinajstić information content (AvgIpc) is 3.20. The monoisotopic (exact) mass is 531 g/mol. The van der Waals surface area contributed by atoms with E-state index < -0.39 is 6.04 Å². The lowest BCUT2D eigenvalue weighted by molar-refractivity contribution is -0.113. The van der Waals surface area contributed by atoms with E-state index in [0.717, 1.165) is 11.3 Å². The van der Waals surface area contributed by atoms with Crippen molar-refractivity contribution in [3.63, 3.8) is 0 Å². The quantitative estimate of drug-likeness (QED) is 0.243. The van der Waals surface area contributed by atoms with Gasteiger partial charge in [-0.1, -0.05) is 73.1 Å². The molecule has 0 fully saturated rings. The van der Waals surface area contributed by atoms with E-state index in [2.05, 4.69) is 41.3 Å². The Bertz CT molecular complexity index is 1230. The number of hydrogen-bond acceptors (Lipinski definition) is 5. The second-order valence-electron chi connectivity index (χ2n) is 8.14. The van der Waals surface area contributed by atoms with Crippen LogP contribution in [0.1, 0.15) is 54.5 Å². The Kier molecular flexibility index (Phi) is 9.37. The molecule has 0 unspecified atom stereocenters. The number of aromatic nitrogens is 3. The highest BCUT2D eigenvalue weighted by atomic mass is 35.5. The minimum atomic E-state index is -0.470. The van der Waals surface area contributed by atoms with Gasteiger partial charge in [-0.2, -0.15) is 0 Å². The zero-order valence-electron chi connectivity index (χ0n) is 19.7. The number of carbonyl (C=O) groups is 2. The van der Waals surface area contributed by atoms with Gasteiger partial charge in [-0.05, 0) is 42.7 Å². The first-order valence-corrected chi connectivity index (χ1v) is 12.8. The number of hydrogen-bond donors (Lipinski definition) is 2. The summed E-state index contributed by atoms with van der Waals surface area (Å²) in [6, 6.07) is 12.0. The predicted molar refractivity (Wildman–Crippen MR) is 142 cm³/mol. The summed E-state index contributed by atoms with van der Waals surface area (Å²) < 4.78 is 1.82. The molecule has 184 valence electrons. The molecule has 0 aliphatic heterocycles. The molecule has 10 heteroatoms. The Morgan fingerprint density at radius 2 is 1.89 bits per heavy atom. The number of nitrogens with one attached hydrogen (secondary N) is 2. The van der Waals surface area contributed by atoms with Crippen LogP contribution < -0.4 is 10.6 Å². The van der Waals surface area contributed by atoms with Crippen LogP contribution in [0, 0.1) is 0 Å². The molecular weight excluding hydrogens is 505 g/mol. The summed E-state index contributed by atoms with van der Waals surface area (Å²) in [4.78, 5) is 25.4. The molecule has 1 heterocycles. The topological polar surface area (TPSA) is 88.9 Å². The van der Waals surface area contributed by atoms with Gasteiger partial charge in [0, 0.05) is 17.3 Å². The van der Waals surface area contributed by atoms with Crippen molar-refractivity contribution in [3.8, 4) is 0 Å². The van der Waals surface area contributed by atoms with Crippen molar-refractivity contribution in [2.24, 2.45) is 0 Å². The Hall–Kier alpha value is -2.81. The van der Waals surface area contributed by atoms with Crippen LogP contribution in [0.15, 0.2) is 60.3 Å². The summed E-state index contributed by atoms with van der Waals surface area (Å²) in [6.07, 6.45) is 1.71. The molecule has 0 bridgehead atoms. The Balaban J connectivity index is 1.69. The van der Waals surface area contributed by atoms with Crippen LogP contribution in [0.4, 0.5) is 5.69 Å². The van der Waals surface area contributed by atoms with E-state index in [-0.39, 0.29) is 28.5 Å². The van der Waals surface area contributed by atoms with Crippen LogP contribution in [-0.2, 0) is 11.3 Å². The van der Waals surface area contributed by atoms with Gasteiger partial charge in [0.25, 0.3) is 5.91 Å². The largest absolute Gasteiger partial charge is 0.342 e. The van der Waals surface area contributed by atoms with Crippen LogP contribution in [0.25, 0.3) is 0 Å². The summed E-state index contributed by atoms with van der Waals surface area (Å²) in [6.45, 7) is 10.2. The van der Waals surface area contributed by atoms with Crippen LogP contribution in [0.3, 0.4) is 0 Å². The first kappa shape index (κ1) is 26.8. The molecule has 0 saturated heterocycles. The maximum atomic E-state index is 12.7. The van der Waals surface area contributed by atoms with Gasteiger partial charge in [-0.3, -0.25) is 9.59 Å². The lowest BCUT2D eigenvalue weighted by Gasteiger charge is -2.16. The molecule has 1 aromatic heterocycles. The van der Waals surface area contributed by atoms with Gasteiger partial charge in [-0.25, -0.2) is 0 Å². The molecule has 3 aromatic rings. The van der Waals surface area contributed by atoms with E-state index >= 15 is 0 Å². The lowest BCUT2D eigenvalue weighted by Crippen LogP contribution is -2.29. The third kappa shape index (κ3) is 6.87. The summed E-state index contributed by atoms with van der Waals surface area (Å²) in [7, 11) is 0. The Labute approximate surface area is 219 Å². The third-order valence-corrected chi connectivity index (χ3v) is 6.67. The molecule has 0 aliphatic carbocycles. The highest BCUT2D eigenvalue weighted by Crippen LogP contribution is 2.26. The third-order valence-electron chi connectivity index (χ3n) is 5.16. The normalized spacial score (nSPS) is 11.8. The van der Waals surface area contributed by atoms with Gasteiger partial charge < -0.3 is 15.2 Å². The van der Waals surface area contributed by atoms with E-state index in [9.17, 15) is 9.59 Å². The van der Waals surface area contributed by atoms with Crippen molar-refractivity contribution in [1.29, 1.82) is 0 Å². The molecule has 2 amide bonds. The van der Waals surface area contributed by atoms with Crippen molar-refractivity contribution in [2.75, 3.05) is 11.1 Å². The number of halogens is 2. The molecule has 1 atom stereocenters. The lowest BCUT2D eigenvalue weighted by atomic mass is 10.0. The number of rotatable bonds is 10. The van der Waals surface area contributed by atoms with E-state index in [1.807, 2.05) is 28.8 Å². The van der Waals surface area contributed by atoms with Gasteiger partial charge in [0.1, 0.15) is 0 Å². The van der Waals surface area contributed by atoms with Crippen molar-refractivity contribution >= 4 is 52.5 Å². The second-order valence-corrected chi connectivity index (χ2v) is 9.92. The maximum Gasteiger partial charge on any atom is 0.253 e. The molecule has 35 heavy (non-hydrogen) atoms. The highest BCUT2D eigenvalue weighted by Gasteiger charge is 2.21. The first-order valence-electron chi connectivity index (χ1n) is 11.0. The Morgan fingerprint density at radius 3 is 2.57 bits per heavy atom. The van der Waals surface area contributed by atoms with Crippen LogP contribution in [-0.4, -0.2) is 32.3 Å². The van der Waals surface area contributed by atoms with Gasteiger partial charge in [0.15, 0.2) is 11.0 Å². The van der Waals surface area contributed by atoms with Crippen molar-refractivity contribution in [2.45, 2.75) is 44.4 Å². The molecule has 2 N–H and O–H groups in total. The van der Waals surface area contributed by atoms with Crippen molar-refractivity contribution in [3.05, 3.63) is 82.1 Å². The average molecular weight is 532 g/mol. The number of nitrogens with zero attached hydrogens (tertiary/aromatic N) is 3. The zero-order chi connectivity index (χ0) is 25.5. The fraction of sp³-hybridized carbons (Fsp3) is 0.280. The summed E-state index contributed by atoms with van der Waals surface area (Å²) in [5, 5.41) is 15.6. The van der Waals surface area contributed by atoms with E-state index in [1.165, 1.54) is 17.8 Å². The van der Waals surface area contributed by atoms with Gasteiger partial charge in [0.2, 0.25) is 5.91 Å². The SMILES string of the molecule is C=CCn1c(SCC(=O)Nc2ccccc2C(C)C)nnc1[C@@H](C)NC(=O)c1ccc(Cl)cc1Cl. The number of amides is 2.